The van der Waals surface area contributed by atoms with Gasteiger partial charge in [-0.2, -0.15) is 0 Å². The van der Waals surface area contributed by atoms with Crippen LogP contribution in [0, 0.1) is 11.6 Å². The lowest BCUT2D eigenvalue weighted by atomic mass is 10.0. The lowest BCUT2D eigenvalue weighted by molar-refractivity contribution is 0.415. The molecule has 2 aromatic rings. The Morgan fingerprint density at radius 3 is 2.68 bits per heavy atom. The van der Waals surface area contributed by atoms with Gasteiger partial charge >= 0.3 is 0 Å². The fraction of sp³-hybridized carbons (Fsp3) is 0.231. The van der Waals surface area contributed by atoms with E-state index in [1.54, 1.807) is 13.2 Å². The van der Waals surface area contributed by atoms with Gasteiger partial charge in [0.05, 0.1) is 13.2 Å². The molecule has 1 atom stereocenters. The molecule has 0 spiro atoms. The predicted octanol–water partition coefficient (Wildman–Crippen LogP) is 2.78. The second-order valence-electron chi connectivity index (χ2n) is 4.06. The third kappa shape index (κ3) is 3.28. The van der Waals surface area contributed by atoms with Gasteiger partial charge in [-0.25, -0.2) is 8.78 Å². The van der Waals surface area contributed by atoms with Gasteiger partial charge < -0.3 is 4.74 Å². The molecule has 0 amide bonds. The van der Waals surface area contributed by atoms with Crippen LogP contribution in [0.2, 0.25) is 0 Å². The molecule has 0 aliphatic rings. The van der Waals surface area contributed by atoms with Crippen LogP contribution < -0.4 is 16.0 Å². The SMILES string of the molecule is COc1csc(C(Cc2ccc(F)c(F)c2)NN)c1. The Morgan fingerprint density at radius 1 is 1.32 bits per heavy atom. The second-order valence-corrected chi connectivity index (χ2v) is 5.00. The van der Waals surface area contributed by atoms with E-state index in [1.807, 2.05) is 11.4 Å². The standard InChI is InChI=1S/C13H14F2N2OS/c1-18-9-6-13(19-7-9)12(17-16)5-8-2-3-10(14)11(15)4-8/h2-4,6-7,12,17H,5,16H2,1H3. The average molecular weight is 284 g/mol. The van der Waals surface area contributed by atoms with E-state index in [1.165, 1.54) is 17.4 Å². The molecule has 0 radical (unpaired) electrons. The average Bonchev–Trinajstić information content (AvgIpc) is 2.88. The molecule has 1 heterocycles. The van der Waals surface area contributed by atoms with Gasteiger partial charge in [0.1, 0.15) is 5.75 Å². The summed E-state index contributed by atoms with van der Waals surface area (Å²) in [5, 5.41) is 1.87. The minimum absolute atomic E-state index is 0.168. The first kappa shape index (κ1) is 13.9. The molecule has 2 rings (SSSR count). The maximum Gasteiger partial charge on any atom is 0.159 e. The summed E-state index contributed by atoms with van der Waals surface area (Å²) in [4.78, 5) is 0.976. The first-order chi connectivity index (χ1) is 9.13. The molecule has 6 heteroatoms. The van der Waals surface area contributed by atoms with Crippen molar-refractivity contribution in [3.63, 3.8) is 0 Å². The van der Waals surface area contributed by atoms with E-state index in [4.69, 9.17) is 10.6 Å². The number of hydrogen-bond acceptors (Lipinski definition) is 4. The van der Waals surface area contributed by atoms with E-state index in [9.17, 15) is 8.78 Å². The lowest BCUT2D eigenvalue weighted by Gasteiger charge is -2.14. The summed E-state index contributed by atoms with van der Waals surface area (Å²) < 4.78 is 31.1. The van der Waals surface area contributed by atoms with Crippen LogP contribution in [-0.2, 0) is 6.42 Å². The summed E-state index contributed by atoms with van der Waals surface area (Å²) in [7, 11) is 1.59. The monoisotopic (exact) mass is 284 g/mol. The maximum atomic E-state index is 13.2. The van der Waals surface area contributed by atoms with Crippen LogP contribution in [0.3, 0.4) is 0 Å². The van der Waals surface area contributed by atoms with E-state index < -0.39 is 11.6 Å². The smallest absolute Gasteiger partial charge is 0.159 e. The second kappa shape index (κ2) is 6.10. The summed E-state index contributed by atoms with van der Waals surface area (Å²) in [6.45, 7) is 0. The number of hydrogen-bond donors (Lipinski definition) is 2. The Bertz CT molecular complexity index is 559. The fourth-order valence-corrected chi connectivity index (χ4v) is 2.68. The summed E-state index contributed by atoms with van der Waals surface area (Å²) in [5.41, 5.74) is 3.35. The molecule has 0 aliphatic heterocycles. The van der Waals surface area contributed by atoms with E-state index in [2.05, 4.69) is 5.43 Å². The number of benzene rings is 1. The fourth-order valence-electron chi connectivity index (χ4n) is 1.77. The van der Waals surface area contributed by atoms with Crippen molar-refractivity contribution in [2.45, 2.75) is 12.5 Å². The predicted molar refractivity (Wildman–Crippen MR) is 71.0 cm³/mol. The molecule has 3 N–H and O–H groups in total. The van der Waals surface area contributed by atoms with Crippen molar-refractivity contribution in [2.75, 3.05) is 7.11 Å². The topological polar surface area (TPSA) is 47.3 Å². The molecule has 1 unspecified atom stereocenters. The van der Waals surface area contributed by atoms with E-state index >= 15 is 0 Å². The quantitative estimate of drug-likeness (QED) is 0.655. The molecule has 0 aliphatic carbocycles. The number of halogens is 2. The molecule has 0 saturated heterocycles. The van der Waals surface area contributed by atoms with Gasteiger partial charge in [-0.15, -0.1) is 11.3 Å². The Labute approximate surface area is 114 Å². The molecule has 0 bridgehead atoms. The molecule has 1 aromatic carbocycles. The van der Waals surface area contributed by atoms with Gasteiger partial charge in [0, 0.05) is 10.3 Å². The van der Waals surface area contributed by atoms with Crippen LogP contribution in [0.1, 0.15) is 16.5 Å². The van der Waals surface area contributed by atoms with Crippen LogP contribution in [0.25, 0.3) is 0 Å². The van der Waals surface area contributed by atoms with Gasteiger partial charge in [0.15, 0.2) is 11.6 Å². The largest absolute Gasteiger partial charge is 0.496 e. The number of rotatable bonds is 5. The number of methoxy groups -OCH3 is 1. The Morgan fingerprint density at radius 2 is 2.11 bits per heavy atom. The minimum atomic E-state index is -0.850. The van der Waals surface area contributed by atoms with Crippen molar-refractivity contribution in [2.24, 2.45) is 5.84 Å². The summed E-state index contributed by atoms with van der Waals surface area (Å²) >= 11 is 1.50. The third-order valence-electron chi connectivity index (χ3n) is 2.80. The molecular formula is C13H14F2N2OS. The number of nitrogens with two attached hydrogens (primary N) is 1. The molecule has 0 fully saturated rings. The van der Waals surface area contributed by atoms with E-state index in [0.717, 1.165) is 16.7 Å². The van der Waals surface area contributed by atoms with Crippen molar-refractivity contribution < 1.29 is 13.5 Å². The van der Waals surface area contributed by atoms with Crippen LogP contribution in [0.15, 0.2) is 29.6 Å². The van der Waals surface area contributed by atoms with Crippen LogP contribution >= 0.6 is 11.3 Å². The maximum absolute atomic E-state index is 13.2. The van der Waals surface area contributed by atoms with E-state index in [0.29, 0.717) is 12.0 Å². The van der Waals surface area contributed by atoms with Crippen LogP contribution in [0.4, 0.5) is 8.78 Å². The summed E-state index contributed by atoms with van der Waals surface area (Å²) in [6, 6.07) is 5.55. The molecule has 19 heavy (non-hydrogen) atoms. The van der Waals surface area contributed by atoms with Crippen LogP contribution in [-0.4, -0.2) is 7.11 Å². The van der Waals surface area contributed by atoms with Crippen molar-refractivity contribution >= 4 is 11.3 Å². The zero-order valence-electron chi connectivity index (χ0n) is 10.3. The number of ether oxygens (including phenoxy) is 1. The highest BCUT2D eigenvalue weighted by molar-refractivity contribution is 7.10. The van der Waals surface area contributed by atoms with Gasteiger partial charge in [0.2, 0.25) is 0 Å². The Hall–Kier alpha value is -1.50. The lowest BCUT2D eigenvalue weighted by Crippen LogP contribution is -2.29. The number of nitrogens with one attached hydrogen (secondary N) is 1. The molecule has 1 aromatic heterocycles. The normalized spacial score (nSPS) is 12.4. The summed E-state index contributed by atoms with van der Waals surface area (Å²) in [6.07, 6.45) is 0.470. The highest BCUT2D eigenvalue weighted by atomic mass is 32.1. The molecule has 102 valence electrons. The highest BCUT2D eigenvalue weighted by Gasteiger charge is 2.14. The van der Waals surface area contributed by atoms with Crippen molar-refractivity contribution in [3.05, 3.63) is 51.7 Å². The van der Waals surface area contributed by atoms with E-state index in [-0.39, 0.29) is 6.04 Å². The highest BCUT2D eigenvalue weighted by Crippen LogP contribution is 2.28. The van der Waals surface area contributed by atoms with Crippen molar-refractivity contribution in [1.82, 2.24) is 5.43 Å². The van der Waals surface area contributed by atoms with Crippen molar-refractivity contribution in [3.8, 4) is 5.75 Å². The first-order valence-corrected chi connectivity index (χ1v) is 6.54. The third-order valence-corrected chi connectivity index (χ3v) is 3.82. The van der Waals surface area contributed by atoms with Crippen molar-refractivity contribution in [1.29, 1.82) is 0 Å². The Balaban J connectivity index is 2.16. The summed E-state index contributed by atoms with van der Waals surface area (Å²) in [5.74, 6) is 4.58. The molecular weight excluding hydrogens is 270 g/mol. The Kier molecular flexibility index (Phi) is 4.47. The van der Waals surface area contributed by atoms with Gasteiger partial charge in [-0.05, 0) is 30.2 Å². The molecule has 3 nitrogen and oxygen atoms in total. The van der Waals surface area contributed by atoms with Gasteiger partial charge in [-0.3, -0.25) is 11.3 Å². The molecule has 0 saturated carbocycles. The van der Waals surface area contributed by atoms with Gasteiger partial charge in [-0.1, -0.05) is 6.07 Å². The first-order valence-electron chi connectivity index (χ1n) is 5.66. The van der Waals surface area contributed by atoms with Crippen LogP contribution in [0.5, 0.6) is 5.75 Å². The zero-order chi connectivity index (χ0) is 13.8. The number of thiophene rings is 1. The number of hydrazine groups is 1. The van der Waals surface area contributed by atoms with Gasteiger partial charge in [0.25, 0.3) is 0 Å². The minimum Gasteiger partial charge on any atom is -0.496 e. The zero-order valence-corrected chi connectivity index (χ0v) is 11.1.